The maximum absolute atomic E-state index is 4.17. The molecule has 2 heteroatoms. The van der Waals surface area contributed by atoms with Gasteiger partial charge in [-0.25, -0.2) is 9.97 Å². The summed E-state index contributed by atoms with van der Waals surface area (Å²) in [5.74, 6) is 0. The predicted octanol–water partition coefficient (Wildman–Crippen LogP) is 2.60. The molecule has 2 nitrogen and oxygen atoms in total. The van der Waals surface area contributed by atoms with Crippen LogP contribution in [0.1, 0.15) is 38.3 Å². The first-order chi connectivity index (χ1) is 5.93. The van der Waals surface area contributed by atoms with Crippen LogP contribution in [0.25, 0.3) is 0 Å². The Hall–Kier alpha value is -0.920. The second-order valence-corrected chi connectivity index (χ2v) is 3.01. The molecule has 1 aromatic heterocycles. The van der Waals surface area contributed by atoms with Crippen molar-refractivity contribution >= 4 is 0 Å². The highest BCUT2D eigenvalue weighted by atomic mass is 14.8. The van der Waals surface area contributed by atoms with Crippen LogP contribution in [0.2, 0.25) is 0 Å². The van der Waals surface area contributed by atoms with E-state index in [4.69, 9.17) is 0 Å². The summed E-state index contributed by atoms with van der Waals surface area (Å²) in [6.45, 7) is 2.23. The largest absolute Gasteiger partial charge is 0.245 e. The topological polar surface area (TPSA) is 25.8 Å². The van der Waals surface area contributed by atoms with Crippen molar-refractivity contribution in [1.29, 1.82) is 0 Å². The monoisotopic (exact) mass is 164 g/mol. The fraction of sp³-hybridized carbons (Fsp3) is 0.600. The molecule has 0 spiro atoms. The summed E-state index contributed by atoms with van der Waals surface area (Å²) in [5.41, 5.74) is 1.17. The van der Waals surface area contributed by atoms with Gasteiger partial charge in [-0.3, -0.25) is 0 Å². The molecule has 0 atom stereocenters. The zero-order chi connectivity index (χ0) is 8.65. The van der Waals surface area contributed by atoms with Gasteiger partial charge in [0.25, 0.3) is 0 Å². The predicted molar refractivity (Wildman–Crippen MR) is 49.9 cm³/mol. The quantitative estimate of drug-likeness (QED) is 0.625. The molecule has 1 rings (SSSR count). The van der Waals surface area contributed by atoms with E-state index in [1.165, 1.54) is 31.4 Å². The Balaban J connectivity index is 2.16. The van der Waals surface area contributed by atoms with Gasteiger partial charge in [0.1, 0.15) is 6.33 Å². The van der Waals surface area contributed by atoms with Crippen molar-refractivity contribution in [2.45, 2.75) is 39.0 Å². The van der Waals surface area contributed by atoms with Gasteiger partial charge in [-0.1, -0.05) is 26.2 Å². The number of rotatable bonds is 5. The zero-order valence-electron chi connectivity index (χ0n) is 7.66. The number of hydrogen-bond acceptors (Lipinski definition) is 2. The number of aryl methyl sites for hydroxylation is 1. The minimum absolute atomic E-state index is 1.10. The molecule has 1 heterocycles. The molecule has 0 bridgehead atoms. The van der Waals surface area contributed by atoms with Crippen molar-refractivity contribution in [3.63, 3.8) is 0 Å². The average molecular weight is 164 g/mol. The molecule has 0 radical (unpaired) electrons. The molecule has 0 saturated carbocycles. The van der Waals surface area contributed by atoms with Crippen LogP contribution in [0.4, 0.5) is 0 Å². The summed E-state index contributed by atoms with van der Waals surface area (Å²) in [6.07, 6.45) is 9.74. The smallest absolute Gasteiger partial charge is 0.115 e. The van der Waals surface area contributed by atoms with Crippen LogP contribution in [0.15, 0.2) is 18.6 Å². The molecule has 66 valence electrons. The summed E-state index contributed by atoms with van der Waals surface area (Å²) in [7, 11) is 0. The van der Waals surface area contributed by atoms with Gasteiger partial charge in [0.2, 0.25) is 0 Å². The maximum Gasteiger partial charge on any atom is 0.115 e. The lowest BCUT2D eigenvalue weighted by molar-refractivity contribution is 0.660. The van der Waals surface area contributed by atoms with E-state index in [-0.39, 0.29) is 0 Å². The normalized spacial score (nSPS) is 10.1. The molecule has 12 heavy (non-hydrogen) atoms. The van der Waals surface area contributed by atoms with Gasteiger partial charge < -0.3 is 0 Å². The average Bonchev–Trinajstić information content (AvgIpc) is 2.14. The van der Waals surface area contributed by atoms with E-state index in [0.717, 1.165) is 6.42 Å². The second-order valence-electron chi connectivity index (χ2n) is 3.01. The molecule has 0 unspecified atom stereocenters. The highest BCUT2D eigenvalue weighted by Crippen LogP contribution is 2.03. The number of aromatic nitrogens is 2. The van der Waals surface area contributed by atoms with E-state index in [1.54, 1.807) is 6.33 Å². The van der Waals surface area contributed by atoms with Crippen LogP contribution in [0.3, 0.4) is 0 Å². The van der Waals surface area contributed by atoms with E-state index < -0.39 is 0 Å². The van der Waals surface area contributed by atoms with Crippen molar-refractivity contribution < 1.29 is 0 Å². The molecule has 0 aliphatic carbocycles. The minimum atomic E-state index is 1.10. The van der Waals surface area contributed by atoms with Gasteiger partial charge in [0, 0.05) is 11.9 Å². The van der Waals surface area contributed by atoms with Crippen molar-refractivity contribution in [3.8, 4) is 0 Å². The Bertz CT molecular complexity index is 196. The molecular formula is C10H16N2. The summed E-state index contributed by atoms with van der Waals surface area (Å²) < 4.78 is 0. The van der Waals surface area contributed by atoms with Crippen molar-refractivity contribution in [2.75, 3.05) is 0 Å². The number of hydrogen-bond donors (Lipinski definition) is 0. The molecule has 0 amide bonds. The fourth-order valence-electron chi connectivity index (χ4n) is 1.20. The van der Waals surface area contributed by atoms with Crippen LogP contribution >= 0.6 is 0 Å². The second kappa shape index (κ2) is 5.70. The van der Waals surface area contributed by atoms with E-state index in [0.29, 0.717) is 0 Å². The summed E-state index contributed by atoms with van der Waals surface area (Å²) >= 11 is 0. The first-order valence-corrected chi connectivity index (χ1v) is 4.68. The Kier molecular flexibility index (Phi) is 4.35. The molecule has 0 aliphatic rings. The van der Waals surface area contributed by atoms with E-state index >= 15 is 0 Å². The molecule has 0 N–H and O–H groups in total. The van der Waals surface area contributed by atoms with E-state index in [9.17, 15) is 0 Å². The Morgan fingerprint density at radius 2 is 2.17 bits per heavy atom. The van der Waals surface area contributed by atoms with Gasteiger partial charge in [-0.2, -0.15) is 0 Å². The molecule has 0 aliphatic heterocycles. The standard InChI is InChI=1S/C10H16N2/c1-2-3-4-5-6-10-7-8-11-9-12-10/h7-9H,2-6H2,1H3. The Morgan fingerprint density at radius 3 is 2.83 bits per heavy atom. The lowest BCUT2D eigenvalue weighted by Crippen LogP contribution is -1.89. The number of nitrogens with zero attached hydrogens (tertiary/aromatic N) is 2. The summed E-state index contributed by atoms with van der Waals surface area (Å²) in [6, 6.07) is 1.99. The van der Waals surface area contributed by atoms with Gasteiger partial charge in [0.15, 0.2) is 0 Å². The third kappa shape index (κ3) is 3.46. The van der Waals surface area contributed by atoms with Crippen LogP contribution in [0, 0.1) is 0 Å². The zero-order valence-corrected chi connectivity index (χ0v) is 7.66. The van der Waals surface area contributed by atoms with Gasteiger partial charge >= 0.3 is 0 Å². The van der Waals surface area contributed by atoms with Crippen molar-refractivity contribution in [1.82, 2.24) is 9.97 Å². The highest BCUT2D eigenvalue weighted by Gasteiger charge is 1.92. The minimum Gasteiger partial charge on any atom is -0.245 e. The molecule has 0 saturated heterocycles. The molecular weight excluding hydrogens is 148 g/mol. The first kappa shape index (κ1) is 9.17. The highest BCUT2D eigenvalue weighted by molar-refractivity contribution is 4.97. The third-order valence-electron chi connectivity index (χ3n) is 1.93. The van der Waals surface area contributed by atoms with Crippen LogP contribution in [-0.4, -0.2) is 9.97 Å². The number of unbranched alkanes of at least 4 members (excludes halogenated alkanes) is 3. The Morgan fingerprint density at radius 1 is 1.25 bits per heavy atom. The van der Waals surface area contributed by atoms with Crippen LogP contribution < -0.4 is 0 Å². The first-order valence-electron chi connectivity index (χ1n) is 4.68. The lowest BCUT2D eigenvalue weighted by Gasteiger charge is -1.98. The maximum atomic E-state index is 4.17. The van der Waals surface area contributed by atoms with Gasteiger partial charge in [0.05, 0.1) is 0 Å². The van der Waals surface area contributed by atoms with Crippen LogP contribution in [-0.2, 0) is 6.42 Å². The van der Waals surface area contributed by atoms with Gasteiger partial charge in [-0.15, -0.1) is 0 Å². The fourth-order valence-corrected chi connectivity index (χ4v) is 1.20. The van der Waals surface area contributed by atoms with Crippen LogP contribution in [0.5, 0.6) is 0 Å². The van der Waals surface area contributed by atoms with Gasteiger partial charge in [-0.05, 0) is 18.9 Å². The van der Waals surface area contributed by atoms with Crippen molar-refractivity contribution in [2.24, 2.45) is 0 Å². The summed E-state index contributed by atoms with van der Waals surface area (Å²) in [4.78, 5) is 8.04. The van der Waals surface area contributed by atoms with E-state index in [2.05, 4.69) is 16.9 Å². The third-order valence-corrected chi connectivity index (χ3v) is 1.93. The molecule has 1 aromatic rings. The molecule has 0 aromatic carbocycles. The summed E-state index contributed by atoms with van der Waals surface area (Å²) in [5, 5.41) is 0. The van der Waals surface area contributed by atoms with Crippen molar-refractivity contribution in [3.05, 3.63) is 24.3 Å². The lowest BCUT2D eigenvalue weighted by atomic mass is 10.1. The molecule has 0 fully saturated rings. The SMILES string of the molecule is CCCCCCc1ccncn1. The van der Waals surface area contributed by atoms with E-state index in [1.807, 2.05) is 12.3 Å². The Labute approximate surface area is 74.1 Å².